The van der Waals surface area contributed by atoms with Gasteiger partial charge in [0.15, 0.2) is 5.82 Å². The number of nitrogens with zero attached hydrogens (tertiary/aromatic N) is 4. The minimum absolute atomic E-state index is 0.189. The second-order valence-electron chi connectivity index (χ2n) is 4.46. The van der Waals surface area contributed by atoms with E-state index in [-0.39, 0.29) is 5.92 Å². The Hall–Kier alpha value is -1.13. The molecule has 18 heavy (non-hydrogen) atoms. The Bertz CT molecular complexity index is 567. The summed E-state index contributed by atoms with van der Waals surface area (Å²) in [6.45, 7) is 5.96. The summed E-state index contributed by atoms with van der Waals surface area (Å²) in [5, 5.41) is 4.97. The molecule has 6 heteroatoms. The predicted octanol–water partition coefficient (Wildman–Crippen LogP) is 3.62. The Morgan fingerprint density at radius 1 is 1.17 bits per heavy atom. The lowest BCUT2D eigenvalue weighted by Crippen LogP contribution is -2.00. The van der Waals surface area contributed by atoms with E-state index >= 15 is 0 Å². The molecule has 0 atom stereocenters. The molecule has 0 saturated heterocycles. The molecule has 0 radical (unpaired) electrons. The molecule has 2 rings (SSSR count). The van der Waals surface area contributed by atoms with Crippen LogP contribution in [-0.2, 0) is 7.05 Å². The highest BCUT2D eigenvalue weighted by molar-refractivity contribution is 6.34. The first-order valence-corrected chi connectivity index (χ1v) is 6.39. The van der Waals surface area contributed by atoms with E-state index in [4.69, 9.17) is 23.2 Å². The second kappa shape index (κ2) is 4.86. The minimum Gasteiger partial charge on any atom is -0.272 e. The maximum atomic E-state index is 6.18. The van der Waals surface area contributed by atoms with Crippen molar-refractivity contribution in [2.75, 3.05) is 0 Å². The molecule has 4 nitrogen and oxygen atoms in total. The van der Waals surface area contributed by atoms with Crippen molar-refractivity contribution in [3.8, 4) is 11.4 Å². The fourth-order valence-corrected chi connectivity index (χ4v) is 2.56. The van der Waals surface area contributed by atoms with E-state index in [0.29, 0.717) is 16.1 Å². The van der Waals surface area contributed by atoms with Crippen molar-refractivity contribution >= 4 is 23.2 Å². The fourth-order valence-electron chi connectivity index (χ4n) is 1.73. The zero-order valence-corrected chi connectivity index (χ0v) is 12.2. The lowest BCUT2D eigenvalue weighted by Gasteiger charge is -2.10. The minimum atomic E-state index is 0.189. The summed E-state index contributed by atoms with van der Waals surface area (Å²) >= 11 is 12.4. The standard InChI is InChI=1S/C12H14Cl2N4/c1-6(2)9-10(13)16-12(17-11(9)14)8-5-15-18(4)7(8)3/h5-6H,1-4H3. The van der Waals surface area contributed by atoms with Crippen molar-refractivity contribution in [3.05, 3.63) is 27.8 Å². The molecule has 0 aliphatic rings. The lowest BCUT2D eigenvalue weighted by atomic mass is 10.1. The predicted molar refractivity (Wildman–Crippen MR) is 73.1 cm³/mol. The summed E-state index contributed by atoms with van der Waals surface area (Å²) in [7, 11) is 1.87. The van der Waals surface area contributed by atoms with Crippen molar-refractivity contribution in [1.82, 2.24) is 19.7 Å². The van der Waals surface area contributed by atoms with E-state index < -0.39 is 0 Å². The zero-order valence-electron chi connectivity index (χ0n) is 10.7. The Balaban J connectivity index is 2.58. The van der Waals surface area contributed by atoms with Crippen LogP contribution < -0.4 is 0 Å². The molecular formula is C12H14Cl2N4. The molecule has 96 valence electrons. The van der Waals surface area contributed by atoms with Gasteiger partial charge in [-0.05, 0) is 12.8 Å². The van der Waals surface area contributed by atoms with Crippen LogP contribution in [-0.4, -0.2) is 19.7 Å². The summed E-state index contributed by atoms with van der Waals surface area (Å²) in [6.07, 6.45) is 1.71. The molecule has 0 bridgehead atoms. The van der Waals surface area contributed by atoms with Crippen molar-refractivity contribution in [2.45, 2.75) is 26.7 Å². The van der Waals surface area contributed by atoms with Crippen LogP contribution in [0.5, 0.6) is 0 Å². The van der Waals surface area contributed by atoms with E-state index in [1.165, 1.54) is 0 Å². The van der Waals surface area contributed by atoms with E-state index in [1.54, 1.807) is 10.9 Å². The van der Waals surface area contributed by atoms with E-state index in [9.17, 15) is 0 Å². The third-order valence-corrected chi connectivity index (χ3v) is 3.48. The van der Waals surface area contributed by atoms with Crippen molar-refractivity contribution in [3.63, 3.8) is 0 Å². The van der Waals surface area contributed by atoms with Crippen LogP contribution in [0.3, 0.4) is 0 Å². The first-order chi connectivity index (χ1) is 8.41. The van der Waals surface area contributed by atoms with Crippen molar-refractivity contribution < 1.29 is 0 Å². The topological polar surface area (TPSA) is 43.6 Å². The maximum absolute atomic E-state index is 6.18. The molecule has 0 saturated carbocycles. The van der Waals surface area contributed by atoms with Gasteiger partial charge in [0.2, 0.25) is 0 Å². The van der Waals surface area contributed by atoms with Gasteiger partial charge in [0, 0.05) is 18.3 Å². The van der Waals surface area contributed by atoms with Gasteiger partial charge < -0.3 is 0 Å². The average molecular weight is 285 g/mol. The second-order valence-corrected chi connectivity index (χ2v) is 5.18. The Morgan fingerprint density at radius 2 is 1.72 bits per heavy atom. The largest absolute Gasteiger partial charge is 0.272 e. The summed E-state index contributed by atoms with van der Waals surface area (Å²) in [6, 6.07) is 0. The monoisotopic (exact) mass is 284 g/mol. The number of aryl methyl sites for hydroxylation is 1. The number of rotatable bonds is 2. The zero-order chi connectivity index (χ0) is 13.4. The maximum Gasteiger partial charge on any atom is 0.165 e. The molecule has 0 unspecified atom stereocenters. The number of hydrogen-bond acceptors (Lipinski definition) is 3. The van der Waals surface area contributed by atoms with Crippen LogP contribution in [0.1, 0.15) is 31.0 Å². The smallest absolute Gasteiger partial charge is 0.165 e. The number of halogens is 2. The van der Waals surface area contributed by atoms with Crippen LogP contribution in [0.2, 0.25) is 10.3 Å². The molecule has 0 spiro atoms. The summed E-state index contributed by atoms with van der Waals surface area (Å²) in [5.74, 6) is 0.703. The van der Waals surface area contributed by atoms with Gasteiger partial charge in [-0.15, -0.1) is 0 Å². The molecule has 0 aromatic carbocycles. The molecule has 0 N–H and O–H groups in total. The molecule has 0 amide bonds. The van der Waals surface area contributed by atoms with Crippen LogP contribution in [0.15, 0.2) is 6.20 Å². The fraction of sp³-hybridized carbons (Fsp3) is 0.417. The quantitative estimate of drug-likeness (QED) is 0.791. The molecule has 2 heterocycles. The first-order valence-electron chi connectivity index (χ1n) is 5.63. The normalized spacial score (nSPS) is 11.3. The third kappa shape index (κ3) is 2.22. The van der Waals surface area contributed by atoms with E-state index in [1.807, 2.05) is 27.8 Å². The van der Waals surface area contributed by atoms with Gasteiger partial charge in [0.05, 0.1) is 11.8 Å². The highest BCUT2D eigenvalue weighted by Gasteiger charge is 2.17. The third-order valence-electron chi connectivity index (χ3n) is 2.91. The van der Waals surface area contributed by atoms with Gasteiger partial charge in [0.25, 0.3) is 0 Å². The summed E-state index contributed by atoms with van der Waals surface area (Å²) in [5.41, 5.74) is 2.60. The molecule has 0 aliphatic carbocycles. The Morgan fingerprint density at radius 3 is 2.11 bits per heavy atom. The van der Waals surface area contributed by atoms with Crippen molar-refractivity contribution in [1.29, 1.82) is 0 Å². The SMILES string of the molecule is Cc1c(-c2nc(Cl)c(C(C)C)c(Cl)n2)cnn1C. The lowest BCUT2D eigenvalue weighted by molar-refractivity contribution is 0.740. The van der Waals surface area contributed by atoms with Crippen LogP contribution in [0.25, 0.3) is 11.4 Å². The number of aromatic nitrogens is 4. The van der Waals surface area contributed by atoms with E-state index in [2.05, 4.69) is 15.1 Å². The van der Waals surface area contributed by atoms with Gasteiger partial charge >= 0.3 is 0 Å². The Labute approximate surface area is 116 Å². The van der Waals surface area contributed by atoms with Crippen LogP contribution >= 0.6 is 23.2 Å². The summed E-state index contributed by atoms with van der Waals surface area (Å²) < 4.78 is 1.76. The highest BCUT2D eigenvalue weighted by atomic mass is 35.5. The molecular weight excluding hydrogens is 271 g/mol. The van der Waals surface area contributed by atoms with Crippen LogP contribution in [0, 0.1) is 6.92 Å². The van der Waals surface area contributed by atoms with Crippen molar-refractivity contribution in [2.24, 2.45) is 7.05 Å². The molecule has 0 fully saturated rings. The Kier molecular flexibility index (Phi) is 3.59. The van der Waals surface area contributed by atoms with Gasteiger partial charge in [-0.25, -0.2) is 9.97 Å². The average Bonchev–Trinajstić information content (AvgIpc) is 2.58. The number of hydrogen-bond donors (Lipinski definition) is 0. The van der Waals surface area contributed by atoms with Gasteiger partial charge in [0.1, 0.15) is 10.3 Å². The van der Waals surface area contributed by atoms with Gasteiger partial charge in [-0.3, -0.25) is 4.68 Å². The summed E-state index contributed by atoms with van der Waals surface area (Å²) in [4.78, 5) is 8.63. The molecule has 2 aromatic rings. The van der Waals surface area contributed by atoms with Gasteiger partial charge in [-0.2, -0.15) is 5.10 Å². The molecule has 2 aromatic heterocycles. The highest BCUT2D eigenvalue weighted by Crippen LogP contribution is 2.31. The molecule has 0 aliphatic heterocycles. The van der Waals surface area contributed by atoms with Crippen LogP contribution in [0.4, 0.5) is 0 Å². The first kappa shape index (κ1) is 13.3. The van der Waals surface area contributed by atoms with E-state index in [0.717, 1.165) is 16.8 Å². The van der Waals surface area contributed by atoms with Gasteiger partial charge in [-0.1, -0.05) is 37.0 Å².